The number of allylic oxidation sites excluding steroid dienone is 3. The van der Waals surface area contributed by atoms with Gasteiger partial charge in [-0.05, 0) is 418 Å². The second-order valence-corrected chi connectivity index (χ2v) is 41.4. The first-order valence-corrected chi connectivity index (χ1v) is 52.7. The number of hydrogen-bond acceptors (Lipinski definition) is 7. The molecule has 21 rings (SSSR count). The van der Waals surface area contributed by atoms with Gasteiger partial charge in [0.15, 0.2) is 0 Å². The monoisotopic (exact) mass is 1940 g/mol. The smallest absolute Gasteiger partial charge is 0.243 e. The summed E-state index contributed by atoms with van der Waals surface area (Å²) in [5, 5.41) is 6.90. The molecule has 0 atom stereocenters. The molecule has 0 radical (unpaired) electrons. The lowest BCUT2D eigenvalue weighted by atomic mass is 9.32. The van der Waals surface area contributed by atoms with Gasteiger partial charge in [-0.1, -0.05) is 280 Å². The first kappa shape index (κ1) is 99.7. The normalized spacial score (nSPS) is 11.8. The number of anilines is 20. The molecule has 0 aromatic heterocycles. The van der Waals surface area contributed by atoms with Gasteiger partial charge in [-0.25, -0.2) is 0 Å². The van der Waals surface area contributed by atoms with E-state index in [1.165, 1.54) is 161 Å². The number of benzene rings is 20. The largest absolute Gasteiger partial charge is 0.310 e. The molecule has 1 aliphatic rings. The van der Waals surface area contributed by atoms with E-state index in [4.69, 9.17) is 0 Å². The lowest BCUT2D eigenvalue weighted by molar-refractivity contribution is 0.997. The minimum absolute atomic E-state index is 0.0817. The van der Waals surface area contributed by atoms with Crippen molar-refractivity contribution in [2.45, 2.75) is 158 Å². The highest BCUT2D eigenvalue weighted by atomic mass is 15.2. The summed E-state index contributed by atoms with van der Waals surface area (Å²) in [6.07, 6.45) is 9.04. The molecule has 0 saturated heterocycles. The summed E-state index contributed by atoms with van der Waals surface area (Å²) in [5.41, 5.74) is 55.1. The summed E-state index contributed by atoms with van der Waals surface area (Å²) in [5.74, 6) is 0. The maximum Gasteiger partial charge on any atom is 0.243 e. The highest BCUT2D eigenvalue weighted by molar-refractivity contribution is 6.97. The standard InChI is InChI=1S/C72H62N4.C69H72BN3/c1-49-40-50(2)44-58(43-49)73(55-22-10-7-11-23-55)67-34-37-70(64-31-19-16-28-61(64)67)76(71-38-35-68(62-29-17-20-32-65(62)71)74(56-24-12-8-13-25-56)59-45-51(3)41-52(4)46-59)72-39-36-69(63-30-18-21-33-66(63)72)75(57-26-14-9-15-27-57)60-47-53(5)42-54(6)48-60;1-43-28-25-37-61(40-43)71(58-31-19-16-20-32-58)67-52(10)46(4)64(47(5)53(67)11)70(65-48(6)54(12)68(55(13)49(65)7)72(59-33-21-17-22-34-59)62-38-26-29-44(2)41-62)66-50(8)56(14)69(57(15)51(66)9)73(60-35-23-18-24-36-60)63-39-27-30-45(3)42-63/h7-8,10-14,16-48H,9,15H2,1-6H3;16-42H,1-15H3. The molecule has 736 valence electrons. The summed E-state index contributed by atoms with van der Waals surface area (Å²) in [4.78, 5) is 17.3. The van der Waals surface area contributed by atoms with Gasteiger partial charge in [0.05, 0.1) is 51.2 Å². The Morgan fingerprint density at radius 3 is 0.604 bits per heavy atom. The maximum absolute atomic E-state index is 2.54. The number of para-hydroxylation sites is 5. The van der Waals surface area contributed by atoms with Gasteiger partial charge >= 0.3 is 0 Å². The molecular formula is C141H134BN7. The Labute approximate surface area is 884 Å². The van der Waals surface area contributed by atoms with Gasteiger partial charge in [0, 0.05) is 101 Å². The Morgan fingerprint density at radius 2 is 0.369 bits per heavy atom. The molecule has 1 aliphatic carbocycles. The van der Waals surface area contributed by atoms with Crippen molar-refractivity contribution in [3.8, 4) is 0 Å². The van der Waals surface area contributed by atoms with E-state index in [-0.39, 0.29) is 6.71 Å². The van der Waals surface area contributed by atoms with Crippen LogP contribution in [-0.2, 0) is 0 Å². The van der Waals surface area contributed by atoms with Crippen molar-refractivity contribution in [2.75, 3.05) is 34.3 Å². The van der Waals surface area contributed by atoms with E-state index in [1.54, 1.807) is 0 Å². The van der Waals surface area contributed by atoms with Crippen molar-refractivity contribution in [1.29, 1.82) is 0 Å². The molecular weight excluding hydrogens is 1800 g/mol. The van der Waals surface area contributed by atoms with Crippen LogP contribution in [0.4, 0.5) is 114 Å². The molecule has 7 nitrogen and oxygen atoms in total. The second-order valence-electron chi connectivity index (χ2n) is 41.4. The highest BCUT2D eigenvalue weighted by Gasteiger charge is 2.39. The number of hydrogen-bond donors (Lipinski definition) is 0. The quantitative estimate of drug-likeness (QED) is 0.0556. The third-order valence-corrected chi connectivity index (χ3v) is 31.0. The van der Waals surface area contributed by atoms with Crippen LogP contribution in [0, 0.1) is 145 Å². The van der Waals surface area contributed by atoms with Gasteiger partial charge in [0.1, 0.15) is 0 Å². The molecule has 0 bridgehead atoms. The molecule has 0 saturated carbocycles. The van der Waals surface area contributed by atoms with Crippen LogP contribution in [-0.4, -0.2) is 6.71 Å². The van der Waals surface area contributed by atoms with Gasteiger partial charge < -0.3 is 34.3 Å². The van der Waals surface area contributed by atoms with Crippen LogP contribution in [0.25, 0.3) is 32.3 Å². The predicted octanol–water partition coefficient (Wildman–Crippen LogP) is 38.0. The van der Waals surface area contributed by atoms with Gasteiger partial charge in [0.25, 0.3) is 0 Å². The molecule has 0 heterocycles. The molecule has 0 fully saturated rings. The van der Waals surface area contributed by atoms with Crippen molar-refractivity contribution in [3.63, 3.8) is 0 Å². The van der Waals surface area contributed by atoms with Gasteiger partial charge in [0.2, 0.25) is 6.71 Å². The minimum atomic E-state index is -0.0817. The van der Waals surface area contributed by atoms with Crippen molar-refractivity contribution < 1.29 is 0 Å². The van der Waals surface area contributed by atoms with Crippen LogP contribution in [0.2, 0.25) is 0 Å². The van der Waals surface area contributed by atoms with Crippen molar-refractivity contribution in [2.24, 2.45) is 0 Å². The van der Waals surface area contributed by atoms with Crippen LogP contribution >= 0.6 is 0 Å². The van der Waals surface area contributed by atoms with Crippen molar-refractivity contribution >= 4 is 169 Å². The van der Waals surface area contributed by atoms with Gasteiger partial charge in [-0.2, -0.15) is 0 Å². The average molecular weight is 1940 g/mol. The summed E-state index contributed by atoms with van der Waals surface area (Å²) in [7, 11) is 0. The third-order valence-electron chi connectivity index (χ3n) is 31.0. The fourth-order valence-electron chi connectivity index (χ4n) is 23.8. The van der Waals surface area contributed by atoms with Crippen molar-refractivity contribution in [3.05, 3.63) is 529 Å². The van der Waals surface area contributed by atoms with E-state index in [2.05, 4.69) is 586 Å². The molecule has 0 N–H and O–H groups in total. The maximum atomic E-state index is 2.54. The van der Waals surface area contributed by atoms with Crippen LogP contribution in [0.1, 0.15) is 130 Å². The number of rotatable bonds is 24. The molecule has 8 heteroatoms. The van der Waals surface area contributed by atoms with E-state index in [0.29, 0.717) is 0 Å². The van der Waals surface area contributed by atoms with Gasteiger partial charge in [-0.3, -0.25) is 0 Å². The molecule has 149 heavy (non-hydrogen) atoms. The van der Waals surface area contributed by atoms with Crippen LogP contribution in [0.3, 0.4) is 0 Å². The van der Waals surface area contributed by atoms with Crippen LogP contribution in [0.15, 0.2) is 412 Å². The van der Waals surface area contributed by atoms with E-state index in [9.17, 15) is 0 Å². The number of fused-ring (bicyclic) bond motifs is 3. The zero-order valence-corrected chi connectivity index (χ0v) is 90.3. The second kappa shape index (κ2) is 42.4. The topological polar surface area (TPSA) is 22.7 Å². The van der Waals surface area contributed by atoms with Crippen LogP contribution < -0.4 is 50.7 Å². The summed E-state index contributed by atoms with van der Waals surface area (Å²) in [6.45, 7) is 48.2. The lowest BCUT2D eigenvalue weighted by Gasteiger charge is -2.37. The third kappa shape index (κ3) is 19.3. The first-order valence-electron chi connectivity index (χ1n) is 52.7. The Kier molecular flexibility index (Phi) is 28.4. The lowest BCUT2D eigenvalue weighted by Crippen LogP contribution is -2.58. The molecule has 20 aromatic carbocycles. The Hall–Kier alpha value is -16.7. The number of nitrogens with zero attached hydrogens (tertiary/aromatic N) is 7. The molecule has 0 spiro atoms. The molecule has 0 unspecified atom stereocenters. The SMILES string of the molecule is Cc1cc(C)cc(N(C2=CCCC=C2)c2ccc(N(c3ccc(N(c4ccccc4)c4cc(C)cc(C)c4)c4ccccc34)c3ccc(N(c4ccccc4)c4cc(C)cc(C)c4)c4ccccc34)c3ccccc23)c1.Cc1cccc(N(c2ccccc2)c2c(C)c(C)c(B(c3c(C)c(C)c(N(c4ccccc4)c4cccc(C)c4)c(C)c3C)c3c(C)c(C)c(N(c4ccccc4)c4cccc(C)c4)c(C)c3C)c(C)c2C)c1. The summed E-state index contributed by atoms with van der Waals surface area (Å²) < 4.78 is 0. The first-order chi connectivity index (χ1) is 72.2. The van der Waals surface area contributed by atoms with E-state index < -0.39 is 0 Å². The fourth-order valence-corrected chi connectivity index (χ4v) is 23.8. The predicted molar refractivity (Wildman–Crippen MR) is 646 cm³/mol. The zero-order valence-electron chi connectivity index (χ0n) is 90.3. The van der Waals surface area contributed by atoms with Gasteiger partial charge in [-0.15, -0.1) is 0 Å². The summed E-state index contributed by atoms with van der Waals surface area (Å²) in [6, 6.07) is 143. The Bertz CT molecular complexity index is 7850. The number of aryl methyl sites for hydroxylation is 9. The van der Waals surface area contributed by atoms with E-state index in [0.717, 1.165) is 136 Å². The van der Waals surface area contributed by atoms with E-state index >= 15 is 0 Å². The Morgan fingerprint density at radius 1 is 0.161 bits per heavy atom. The molecule has 0 aliphatic heterocycles. The average Bonchev–Trinajstić information content (AvgIpc) is 0.730. The van der Waals surface area contributed by atoms with Crippen molar-refractivity contribution in [1.82, 2.24) is 0 Å². The highest BCUT2D eigenvalue weighted by Crippen LogP contribution is 2.55. The molecule has 20 aromatic rings. The fraction of sp³-hybridized carbons (Fsp3) is 0.163. The molecule has 0 amide bonds. The Balaban J connectivity index is 0.000000181. The zero-order chi connectivity index (χ0) is 104. The van der Waals surface area contributed by atoms with Crippen LogP contribution in [0.5, 0.6) is 0 Å². The minimum Gasteiger partial charge on any atom is -0.310 e. The van der Waals surface area contributed by atoms with E-state index in [1.807, 2.05) is 0 Å². The summed E-state index contributed by atoms with van der Waals surface area (Å²) >= 11 is 0.